The van der Waals surface area contributed by atoms with Crippen LogP contribution < -0.4 is 5.69 Å². The van der Waals surface area contributed by atoms with E-state index in [1.165, 1.54) is 13.1 Å². The van der Waals surface area contributed by atoms with Gasteiger partial charge in [-0.3, -0.25) is 4.79 Å². The first-order chi connectivity index (χ1) is 7.34. The Kier molecular flexibility index (Phi) is 3.54. The van der Waals surface area contributed by atoms with Gasteiger partial charge in [-0.05, 0) is 32.4 Å². The number of aromatic nitrogens is 2. The Morgan fingerprint density at radius 1 is 1.44 bits per heavy atom. The molecule has 0 aliphatic carbocycles. The van der Waals surface area contributed by atoms with Gasteiger partial charge in [0.2, 0.25) is 0 Å². The van der Waals surface area contributed by atoms with Crippen LogP contribution in [0.4, 0.5) is 9.59 Å². The highest BCUT2D eigenvalue weighted by Gasteiger charge is 2.19. The lowest BCUT2D eigenvalue weighted by molar-refractivity contribution is 0.116. The molecule has 0 unspecified atom stereocenters. The van der Waals surface area contributed by atoms with Crippen molar-refractivity contribution in [2.45, 2.75) is 26.9 Å². The molecule has 1 rings (SSSR count). The van der Waals surface area contributed by atoms with Gasteiger partial charge >= 0.3 is 17.1 Å². The molecular formula is C9H11ClN2O4. The predicted octanol–water partition coefficient (Wildman–Crippen LogP) is 1.56. The summed E-state index contributed by atoms with van der Waals surface area (Å²) < 4.78 is 6.23. The minimum Gasteiger partial charge on any atom is -0.446 e. The molecule has 88 valence electrons. The molecule has 6 nitrogen and oxygen atoms in total. The van der Waals surface area contributed by atoms with Gasteiger partial charge in [0, 0.05) is 11.9 Å². The first kappa shape index (κ1) is 12.5. The van der Waals surface area contributed by atoms with Crippen molar-refractivity contribution < 1.29 is 14.3 Å². The Labute approximate surface area is 96.4 Å². The van der Waals surface area contributed by atoms with Crippen LogP contribution in [0, 0.1) is 6.92 Å². The van der Waals surface area contributed by atoms with Crippen LogP contribution in [0.3, 0.4) is 0 Å². The van der Waals surface area contributed by atoms with E-state index in [-0.39, 0.29) is 11.8 Å². The summed E-state index contributed by atoms with van der Waals surface area (Å²) in [6.07, 6.45) is 0.00206. The Morgan fingerprint density at radius 3 is 2.38 bits per heavy atom. The summed E-state index contributed by atoms with van der Waals surface area (Å²) in [5.74, 6) is 0. The zero-order valence-corrected chi connectivity index (χ0v) is 9.82. The number of ether oxygens (including phenoxy) is 1. The average molecular weight is 247 g/mol. The molecule has 0 aromatic carbocycles. The highest BCUT2D eigenvalue weighted by atomic mass is 35.5. The SMILES string of the molecule is Cc1cn(C(=O)Cl)c(=O)n1C(=O)OC(C)C. The van der Waals surface area contributed by atoms with Gasteiger partial charge in [0.15, 0.2) is 0 Å². The van der Waals surface area contributed by atoms with E-state index in [2.05, 4.69) is 0 Å². The molecule has 0 N–H and O–H groups in total. The molecule has 0 bridgehead atoms. The van der Waals surface area contributed by atoms with E-state index < -0.39 is 17.1 Å². The number of hydrogen-bond donors (Lipinski definition) is 0. The molecule has 0 atom stereocenters. The maximum atomic E-state index is 11.6. The van der Waals surface area contributed by atoms with E-state index >= 15 is 0 Å². The molecule has 1 heterocycles. The molecule has 0 radical (unpaired) electrons. The number of hydrogen-bond acceptors (Lipinski definition) is 4. The van der Waals surface area contributed by atoms with Crippen LogP contribution in [0.5, 0.6) is 0 Å². The number of carbonyl (C=O) groups is 2. The molecular weight excluding hydrogens is 236 g/mol. The second kappa shape index (κ2) is 4.52. The number of carbonyl (C=O) groups excluding carboxylic acids is 2. The summed E-state index contributed by atoms with van der Waals surface area (Å²) >= 11 is 5.16. The fraction of sp³-hybridized carbons (Fsp3) is 0.444. The van der Waals surface area contributed by atoms with Crippen molar-refractivity contribution in [3.8, 4) is 0 Å². The Bertz CT molecular complexity index is 486. The molecule has 0 saturated heterocycles. The standard InChI is InChI=1S/C9H11ClN2O4/c1-5(2)16-9(15)12-6(3)4-11(7(10)13)8(12)14/h4-5H,1-3H3. The van der Waals surface area contributed by atoms with E-state index in [0.717, 1.165) is 4.57 Å². The number of halogens is 1. The van der Waals surface area contributed by atoms with Crippen molar-refractivity contribution in [3.05, 3.63) is 22.4 Å². The van der Waals surface area contributed by atoms with Crippen LogP contribution in [0.25, 0.3) is 0 Å². The van der Waals surface area contributed by atoms with E-state index in [9.17, 15) is 14.4 Å². The molecule has 1 aromatic heterocycles. The molecule has 1 aromatic rings. The summed E-state index contributed by atoms with van der Waals surface area (Å²) in [4.78, 5) is 33.9. The number of imidazole rings is 1. The van der Waals surface area contributed by atoms with Crippen molar-refractivity contribution in [2.24, 2.45) is 0 Å². The molecule has 0 aliphatic rings. The lowest BCUT2D eigenvalue weighted by atomic mass is 10.5. The van der Waals surface area contributed by atoms with E-state index in [1.54, 1.807) is 13.8 Å². The zero-order chi connectivity index (χ0) is 12.5. The lowest BCUT2D eigenvalue weighted by Gasteiger charge is -2.07. The second-order valence-corrected chi connectivity index (χ2v) is 3.77. The van der Waals surface area contributed by atoms with Crippen molar-refractivity contribution in [3.63, 3.8) is 0 Å². The fourth-order valence-corrected chi connectivity index (χ4v) is 1.28. The number of aryl methyl sites for hydroxylation is 1. The number of nitrogens with zero attached hydrogens (tertiary/aromatic N) is 2. The summed E-state index contributed by atoms with van der Waals surface area (Å²) in [7, 11) is 0. The van der Waals surface area contributed by atoms with Crippen molar-refractivity contribution in [2.75, 3.05) is 0 Å². The Hall–Kier alpha value is -1.56. The van der Waals surface area contributed by atoms with Crippen LogP contribution in [-0.2, 0) is 4.74 Å². The van der Waals surface area contributed by atoms with Gasteiger partial charge < -0.3 is 4.74 Å². The number of rotatable bonds is 1. The third-order valence-corrected chi connectivity index (χ3v) is 1.96. The maximum absolute atomic E-state index is 11.6. The summed E-state index contributed by atoms with van der Waals surface area (Å²) in [6.45, 7) is 4.81. The highest BCUT2D eigenvalue weighted by Crippen LogP contribution is 2.01. The molecule has 7 heteroatoms. The monoisotopic (exact) mass is 246 g/mol. The van der Waals surface area contributed by atoms with Gasteiger partial charge in [-0.15, -0.1) is 0 Å². The average Bonchev–Trinajstić information content (AvgIpc) is 2.40. The van der Waals surface area contributed by atoms with Crippen LogP contribution in [0.2, 0.25) is 0 Å². The summed E-state index contributed by atoms with van der Waals surface area (Å²) in [5.41, 5.74) is -0.548. The largest absolute Gasteiger partial charge is 0.446 e. The van der Waals surface area contributed by atoms with Gasteiger partial charge in [-0.1, -0.05) is 0 Å². The first-order valence-corrected chi connectivity index (χ1v) is 4.94. The van der Waals surface area contributed by atoms with Crippen molar-refractivity contribution in [1.82, 2.24) is 9.13 Å². The molecule has 0 amide bonds. The quantitative estimate of drug-likeness (QED) is 0.705. The minimum absolute atomic E-state index is 0.282. The molecule has 16 heavy (non-hydrogen) atoms. The summed E-state index contributed by atoms with van der Waals surface area (Å²) in [5, 5.41) is -0.968. The van der Waals surface area contributed by atoms with E-state index in [1.807, 2.05) is 0 Å². The Balaban J connectivity index is 3.20. The lowest BCUT2D eigenvalue weighted by Crippen LogP contribution is -2.32. The molecule has 0 aliphatic heterocycles. The van der Waals surface area contributed by atoms with E-state index in [4.69, 9.17) is 16.3 Å². The van der Waals surface area contributed by atoms with Crippen molar-refractivity contribution >= 4 is 23.1 Å². The summed E-state index contributed by atoms with van der Waals surface area (Å²) in [6, 6.07) is 0. The molecule has 0 saturated carbocycles. The van der Waals surface area contributed by atoms with Gasteiger partial charge in [0.1, 0.15) is 0 Å². The van der Waals surface area contributed by atoms with Crippen LogP contribution in [0.15, 0.2) is 11.0 Å². The van der Waals surface area contributed by atoms with Gasteiger partial charge in [0.25, 0.3) is 0 Å². The fourth-order valence-electron chi connectivity index (χ4n) is 1.16. The normalized spacial score (nSPS) is 10.6. The molecule has 0 fully saturated rings. The topological polar surface area (TPSA) is 70.3 Å². The van der Waals surface area contributed by atoms with Crippen LogP contribution in [-0.4, -0.2) is 26.7 Å². The Morgan fingerprint density at radius 2 is 2.00 bits per heavy atom. The third kappa shape index (κ3) is 2.33. The van der Waals surface area contributed by atoms with Crippen LogP contribution >= 0.6 is 11.6 Å². The van der Waals surface area contributed by atoms with Crippen LogP contribution in [0.1, 0.15) is 19.5 Å². The second-order valence-electron chi connectivity index (χ2n) is 3.44. The van der Waals surface area contributed by atoms with Gasteiger partial charge in [0.05, 0.1) is 6.10 Å². The zero-order valence-electron chi connectivity index (χ0n) is 9.06. The highest BCUT2D eigenvalue weighted by molar-refractivity contribution is 6.63. The minimum atomic E-state index is -0.968. The smallest absolute Gasteiger partial charge is 0.422 e. The van der Waals surface area contributed by atoms with E-state index in [0.29, 0.717) is 4.57 Å². The predicted molar refractivity (Wildman–Crippen MR) is 57.1 cm³/mol. The maximum Gasteiger partial charge on any atom is 0.422 e. The van der Waals surface area contributed by atoms with Gasteiger partial charge in [-0.2, -0.15) is 4.57 Å². The third-order valence-electron chi connectivity index (χ3n) is 1.77. The molecule has 0 spiro atoms. The van der Waals surface area contributed by atoms with Crippen molar-refractivity contribution in [1.29, 1.82) is 0 Å². The van der Waals surface area contributed by atoms with Gasteiger partial charge in [-0.25, -0.2) is 14.2 Å². The first-order valence-electron chi connectivity index (χ1n) is 4.56.